The summed E-state index contributed by atoms with van der Waals surface area (Å²) in [5.74, 6) is -0.256. The van der Waals surface area contributed by atoms with Gasteiger partial charge in [0.15, 0.2) is 0 Å². The minimum absolute atomic E-state index is 0.256. The molecule has 10 aromatic carbocycles. The van der Waals surface area contributed by atoms with Gasteiger partial charge in [0.25, 0.3) is 0 Å². The Morgan fingerprint density at radius 2 is 1.02 bits per heavy atom. The maximum absolute atomic E-state index is 15.7. The molecule has 0 bridgehead atoms. The number of pyridine rings is 1. The maximum atomic E-state index is 15.7. The smallest absolute Gasteiger partial charge is 0.145 e. The van der Waals surface area contributed by atoms with Crippen LogP contribution in [-0.2, 0) is 0 Å². The van der Waals surface area contributed by atoms with Crippen molar-refractivity contribution in [2.45, 2.75) is 6.92 Å². The summed E-state index contributed by atoms with van der Waals surface area (Å²) in [4.78, 5) is 5.03. The van der Waals surface area contributed by atoms with E-state index in [9.17, 15) is 0 Å². The molecular weight excluding hydrogens is 744 g/mol. The molecule has 12 aromatic rings. The lowest BCUT2D eigenvalue weighted by atomic mass is 9.83. The van der Waals surface area contributed by atoms with Gasteiger partial charge in [0, 0.05) is 22.7 Å². The first-order valence-corrected chi connectivity index (χ1v) is 20.8. The van der Waals surface area contributed by atoms with Gasteiger partial charge in [-0.3, -0.25) is 4.57 Å². The molecule has 0 atom stereocenters. The van der Waals surface area contributed by atoms with Crippen LogP contribution in [0.5, 0.6) is 0 Å². The van der Waals surface area contributed by atoms with Crippen LogP contribution in [0.2, 0.25) is 0 Å². The van der Waals surface area contributed by atoms with Gasteiger partial charge in [0.05, 0.1) is 5.52 Å². The highest BCUT2D eigenvalue weighted by atomic mass is 19.1. The van der Waals surface area contributed by atoms with Gasteiger partial charge in [0.1, 0.15) is 11.5 Å². The van der Waals surface area contributed by atoms with E-state index in [0.717, 1.165) is 77.2 Å². The lowest BCUT2D eigenvalue weighted by molar-refractivity contribution is 0.630. The van der Waals surface area contributed by atoms with Gasteiger partial charge in [-0.15, -0.1) is 0 Å². The summed E-state index contributed by atoms with van der Waals surface area (Å²) >= 11 is 0. The first-order chi connectivity index (χ1) is 30.1. The van der Waals surface area contributed by atoms with Crippen LogP contribution < -0.4 is 0 Å². The van der Waals surface area contributed by atoms with Crippen LogP contribution in [0.3, 0.4) is 0 Å². The topological polar surface area (TPSA) is 17.8 Å². The molecule has 2 aromatic heterocycles. The van der Waals surface area contributed by atoms with Crippen LogP contribution in [-0.4, -0.2) is 9.55 Å². The molecule has 0 saturated heterocycles. The highest BCUT2D eigenvalue weighted by Gasteiger charge is 2.23. The minimum Gasteiger partial charge on any atom is -0.294 e. The molecule has 2 heterocycles. The molecule has 0 N–H and O–H groups in total. The third kappa shape index (κ3) is 5.44. The average molecular weight is 781 g/mol. The third-order valence-corrected chi connectivity index (χ3v) is 12.6. The molecule has 3 heteroatoms. The number of aromatic nitrogens is 2. The Kier molecular flexibility index (Phi) is 7.98. The fourth-order valence-corrected chi connectivity index (χ4v) is 10.0. The van der Waals surface area contributed by atoms with E-state index in [1.807, 2.05) is 18.3 Å². The molecule has 2 nitrogen and oxygen atoms in total. The summed E-state index contributed by atoms with van der Waals surface area (Å²) < 4.78 is 18.0. The molecule has 0 fully saturated rings. The molecular formula is C58H37FN2. The van der Waals surface area contributed by atoms with Crippen LogP contribution in [0.25, 0.3) is 115 Å². The van der Waals surface area contributed by atoms with Gasteiger partial charge in [-0.05, 0) is 149 Å². The van der Waals surface area contributed by atoms with E-state index in [2.05, 4.69) is 187 Å². The molecule has 0 radical (unpaired) electrons. The Morgan fingerprint density at radius 1 is 0.410 bits per heavy atom. The first kappa shape index (κ1) is 35.1. The molecule has 61 heavy (non-hydrogen) atoms. The van der Waals surface area contributed by atoms with Gasteiger partial charge in [-0.2, -0.15) is 0 Å². The molecule has 12 rings (SSSR count). The van der Waals surface area contributed by atoms with Gasteiger partial charge in [-0.25, -0.2) is 9.37 Å². The van der Waals surface area contributed by atoms with Crippen molar-refractivity contribution in [2.24, 2.45) is 0 Å². The predicted octanol–water partition coefficient (Wildman–Crippen LogP) is 15.9. The number of halogens is 1. The third-order valence-electron chi connectivity index (χ3n) is 12.6. The highest BCUT2D eigenvalue weighted by molar-refractivity contribution is 6.26. The fourth-order valence-electron chi connectivity index (χ4n) is 10.0. The van der Waals surface area contributed by atoms with Crippen molar-refractivity contribution in [1.29, 1.82) is 0 Å². The number of nitrogens with zero attached hydrogens (tertiary/aromatic N) is 2. The van der Waals surface area contributed by atoms with Crippen molar-refractivity contribution >= 4 is 65.0 Å². The van der Waals surface area contributed by atoms with Crippen molar-refractivity contribution in [3.8, 4) is 50.2 Å². The second kappa shape index (κ2) is 13.9. The quantitative estimate of drug-likeness (QED) is 0.126. The summed E-state index contributed by atoms with van der Waals surface area (Å²) in [5, 5.41) is 11.2. The lowest BCUT2D eigenvalue weighted by Gasteiger charge is -2.21. The zero-order valence-corrected chi connectivity index (χ0v) is 33.4. The van der Waals surface area contributed by atoms with Crippen LogP contribution in [0, 0.1) is 12.7 Å². The van der Waals surface area contributed by atoms with E-state index in [4.69, 9.17) is 4.98 Å². The number of fused-ring (bicyclic) bond motifs is 8. The van der Waals surface area contributed by atoms with Crippen LogP contribution >= 0.6 is 0 Å². The second-order valence-corrected chi connectivity index (χ2v) is 16.0. The monoisotopic (exact) mass is 780 g/mol. The number of hydrogen-bond acceptors (Lipinski definition) is 1. The zero-order valence-electron chi connectivity index (χ0n) is 33.4. The van der Waals surface area contributed by atoms with E-state index >= 15 is 4.39 Å². The molecule has 0 aliphatic rings. The molecule has 0 aliphatic carbocycles. The number of rotatable bonds is 5. The highest BCUT2D eigenvalue weighted by Crippen LogP contribution is 2.48. The van der Waals surface area contributed by atoms with E-state index in [0.29, 0.717) is 0 Å². The number of hydrogen-bond donors (Lipinski definition) is 0. The van der Waals surface area contributed by atoms with Gasteiger partial charge in [-0.1, -0.05) is 152 Å². The van der Waals surface area contributed by atoms with Crippen molar-refractivity contribution in [3.63, 3.8) is 0 Å². The summed E-state index contributed by atoms with van der Waals surface area (Å²) in [6, 6.07) is 70.2. The second-order valence-electron chi connectivity index (χ2n) is 16.0. The van der Waals surface area contributed by atoms with Gasteiger partial charge >= 0.3 is 0 Å². The Labute approximate surface area is 352 Å². The van der Waals surface area contributed by atoms with Crippen molar-refractivity contribution in [2.75, 3.05) is 0 Å². The Hall–Kier alpha value is -7.88. The van der Waals surface area contributed by atoms with Crippen LogP contribution in [0.4, 0.5) is 4.39 Å². The summed E-state index contributed by atoms with van der Waals surface area (Å²) in [7, 11) is 0. The number of benzene rings is 10. The van der Waals surface area contributed by atoms with E-state index < -0.39 is 0 Å². The van der Waals surface area contributed by atoms with Crippen LogP contribution in [0.1, 0.15) is 5.56 Å². The Balaban J connectivity index is 1.11. The minimum atomic E-state index is -0.256. The van der Waals surface area contributed by atoms with E-state index in [1.165, 1.54) is 43.6 Å². The van der Waals surface area contributed by atoms with E-state index in [-0.39, 0.29) is 5.82 Å². The Morgan fingerprint density at radius 3 is 1.77 bits per heavy atom. The summed E-state index contributed by atoms with van der Waals surface area (Å²) in [6.45, 7) is 2.17. The first-order valence-electron chi connectivity index (χ1n) is 20.8. The standard InChI is InChI=1S/C58H37FN2/c1-36-33-41(61-53-31-30-44(37-15-4-2-5-16-37)54(38-17-6-3-7-18-38)57(53)50-25-14-32-60-58(50)61)27-29-42(36)55-47-23-12-13-24-48(47)56(49-28-26-40(59)35-52(49)55)51-34-39-19-8-9-20-43(39)45-21-10-11-22-46(45)51/h2-35H,1H3. The molecule has 0 amide bonds. The molecule has 0 spiro atoms. The van der Waals surface area contributed by atoms with Crippen LogP contribution in [0.15, 0.2) is 206 Å². The average Bonchev–Trinajstić information content (AvgIpc) is 3.65. The van der Waals surface area contributed by atoms with E-state index in [1.54, 1.807) is 12.1 Å². The lowest BCUT2D eigenvalue weighted by Crippen LogP contribution is -1.98. The SMILES string of the molecule is Cc1cc(-n2c3ccc(-c4ccccc4)c(-c4ccccc4)c3c3cccnc32)ccc1-c1c2ccccc2c(-c2cc3ccccc3c3ccccc23)c2ccc(F)cc12. The summed E-state index contributed by atoms with van der Waals surface area (Å²) in [5.41, 5.74) is 13.2. The molecule has 286 valence electrons. The number of aryl methyl sites for hydroxylation is 1. The van der Waals surface area contributed by atoms with Gasteiger partial charge in [0.2, 0.25) is 0 Å². The largest absolute Gasteiger partial charge is 0.294 e. The Bertz CT molecular complexity index is 3720. The summed E-state index contributed by atoms with van der Waals surface area (Å²) in [6.07, 6.45) is 1.88. The normalized spacial score (nSPS) is 11.8. The van der Waals surface area contributed by atoms with Crippen molar-refractivity contribution in [3.05, 3.63) is 218 Å². The molecule has 0 aliphatic heterocycles. The zero-order chi connectivity index (χ0) is 40.6. The fraction of sp³-hybridized carbons (Fsp3) is 0.0172. The maximum Gasteiger partial charge on any atom is 0.145 e. The molecule has 0 saturated carbocycles. The van der Waals surface area contributed by atoms with Crippen molar-refractivity contribution in [1.82, 2.24) is 9.55 Å². The molecule has 0 unspecified atom stereocenters. The van der Waals surface area contributed by atoms with Crippen molar-refractivity contribution < 1.29 is 4.39 Å². The predicted molar refractivity (Wildman–Crippen MR) is 255 cm³/mol. The van der Waals surface area contributed by atoms with Gasteiger partial charge < -0.3 is 0 Å².